The lowest BCUT2D eigenvalue weighted by molar-refractivity contribution is 0.340. The summed E-state index contributed by atoms with van der Waals surface area (Å²) < 4.78 is 7.23. The summed E-state index contributed by atoms with van der Waals surface area (Å²) in [4.78, 5) is 0. The minimum absolute atomic E-state index is 0.620. The molecule has 2 rings (SSSR count). The van der Waals surface area contributed by atoms with E-state index in [1.54, 1.807) is 4.68 Å². The molecule has 1 aromatic carbocycles. The minimum atomic E-state index is 0.620. The number of rotatable bonds is 4. The lowest BCUT2D eigenvalue weighted by atomic mass is 10.2. The Hall–Kier alpha value is -2.17. The van der Waals surface area contributed by atoms with Crippen molar-refractivity contribution in [2.45, 2.75) is 13.8 Å². The van der Waals surface area contributed by atoms with E-state index >= 15 is 0 Å². The first kappa shape index (κ1) is 12.3. The molecule has 5 heteroatoms. The van der Waals surface area contributed by atoms with Gasteiger partial charge < -0.3 is 15.8 Å². The van der Waals surface area contributed by atoms with E-state index in [2.05, 4.69) is 10.4 Å². The molecule has 0 atom stereocenters. The fraction of sp³-hybridized carbons (Fsp3) is 0.308. The van der Waals surface area contributed by atoms with Gasteiger partial charge in [0.25, 0.3) is 0 Å². The Bertz CT molecular complexity index is 548. The number of benzene rings is 1. The Balaban J connectivity index is 2.25. The van der Waals surface area contributed by atoms with Gasteiger partial charge in [0.05, 0.1) is 18.0 Å². The zero-order valence-corrected chi connectivity index (χ0v) is 10.9. The van der Waals surface area contributed by atoms with Crippen LogP contribution in [0.2, 0.25) is 0 Å². The van der Waals surface area contributed by atoms with Crippen LogP contribution in [0.3, 0.4) is 0 Å². The van der Waals surface area contributed by atoms with Crippen LogP contribution in [0.1, 0.15) is 12.6 Å². The molecule has 1 heterocycles. The van der Waals surface area contributed by atoms with Gasteiger partial charge in [0.15, 0.2) is 0 Å². The van der Waals surface area contributed by atoms with Crippen molar-refractivity contribution in [3.63, 3.8) is 0 Å². The van der Waals surface area contributed by atoms with Crippen LogP contribution in [0.15, 0.2) is 24.4 Å². The number of aryl methyl sites for hydroxylation is 2. The fourth-order valence-corrected chi connectivity index (χ4v) is 1.82. The van der Waals surface area contributed by atoms with E-state index in [0.717, 1.165) is 22.8 Å². The summed E-state index contributed by atoms with van der Waals surface area (Å²) in [6.07, 6.45) is 1.93. The van der Waals surface area contributed by atoms with Crippen molar-refractivity contribution in [1.29, 1.82) is 0 Å². The molecule has 5 nitrogen and oxygen atoms in total. The molecule has 2 aromatic rings. The molecule has 18 heavy (non-hydrogen) atoms. The smallest absolute Gasteiger partial charge is 0.123 e. The number of nitrogens with one attached hydrogen (secondary N) is 1. The van der Waals surface area contributed by atoms with Crippen molar-refractivity contribution in [1.82, 2.24) is 9.78 Å². The standard InChI is InChI=1S/C13H18N4O/c1-4-18-12-6-10(14)5-11(7-12)15-13-8-17(3)16-9(13)2/h5-8,15H,4,14H2,1-3H3. The molecule has 0 saturated carbocycles. The highest BCUT2D eigenvalue weighted by atomic mass is 16.5. The van der Waals surface area contributed by atoms with Gasteiger partial charge in [0.1, 0.15) is 5.75 Å². The van der Waals surface area contributed by atoms with Gasteiger partial charge >= 0.3 is 0 Å². The van der Waals surface area contributed by atoms with Gasteiger partial charge in [-0.2, -0.15) is 5.10 Å². The highest BCUT2D eigenvalue weighted by Crippen LogP contribution is 2.26. The molecule has 0 aliphatic carbocycles. The second-order valence-corrected chi connectivity index (χ2v) is 4.15. The van der Waals surface area contributed by atoms with E-state index in [-0.39, 0.29) is 0 Å². The third-order valence-corrected chi connectivity index (χ3v) is 2.53. The topological polar surface area (TPSA) is 65.1 Å². The Morgan fingerprint density at radius 2 is 2.17 bits per heavy atom. The zero-order chi connectivity index (χ0) is 13.1. The number of nitrogen functional groups attached to an aromatic ring is 1. The van der Waals surface area contributed by atoms with Crippen LogP contribution in [0.4, 0.5) is 17.1 Å². The first-order valence-corrected chi connectivity index (χ1v) is 5.89. The molecule has 3 N–H and O–H groups in total. The van der Waals surface area contributed by atoms with Gasteiger partial charge in [-0.05, 0) is 19.9 Å². The van der Waals surface area contributed by atoms with Gasteiger partial charge in [-0.15, -0.1) is 0 Å². The number of aromatic nitrogens is 2. The van der Waals surface area contributed by atoms with Crippen molar-refractivity contribution in [3.05, 3.63) is 30.1 Å². The highest BCUT2D eigenvalue weighted by Gasteiger charge is 2.05. The average Bonchev–Trinajstić information content (AvgIpc) is 2.57. The SMILES string of the molecule is CCOc1cc(N)cc(Nc2cn(C)nc2C)c1. The number of hydrogen-bond donors (Lipinski definition) is 2. The maximum atomic E-state index is 5.85. The lowest BCUT2D eigenvalue weighted by Gasteiger charge is -2.09. The molecule has 0 amide bonds. The molecule has 0 saturated heterocycles. The normalized spacial score (nSPS) is 10.4. The van der Waals surface area contributed by atoms with Crippen LogP contribution in [0, 0.1) is 6.92 Å². The van der Waals surface area contributed by atoms with Crippen molar-refractivity contribution in [2.75, 3.05) is 17.7 Å². The van der Waals surface area contributed by atoms with Gasteiger partial charge in [0, 0.05) is 36.8 Å². The predicted octanol–water partition coefficient (Wildman–Crippen LogP) is 2.45. The number of anilines is 3. The van der Waals surface area contributed by atoms with Gasteiger partial charge in [0.2, 0.25) is 0 Å². The number of ether oxygens (including phenoxy) is 1. The number of nitrogens with zero attached hydrogens (tertiary/aromatic N) is 2. The molecule has 0 fully saturated rings. The van der Waals surface area contributed by atoms with Gasteiger partial charge in [-0.3, -0.25) is 4.68 Å². The lowest BCUT2D eigenvalue weighted by Crippen LogP contribution is -1.97. The van der Waals surface area contributed by atoms with Crippen LogP contribution in [0.5, 0.6) is 5.75 Å². The van der Waals surface area contributed by atoms with Crippen molar-refractivity contribution < 1.29 is 4.74 Å². The summed E-state index contributed by atoms with van der Waals surface area (Å²) >= 11 is 0. The first-order chi connectivity index (χ1) is 8.58. The summed E-state index contributed by atoms with van der Waals surface area (Å²) in [6.45, 7) is 4.52. The van der Waals surface area contributed by atoms with E-state index in [1.165, 1.54) is 0 Å². The van der Waals surface area contributed by atoms with Crippen LogP contribution < -0.4 is 15.8 Å². The zero-order valence-electron chi connectivity index (χ0n) is 10.9. The minimum Gasteiger partial charge on any atom is -0.494 e. The van der Waals surface area contributed by atoms with Crippen molar-refractivity contribution in [2.24, 2.45) is 7.05 Å². The average molecular weight is 246 g/mol. The molecule has 96 valence electrons. The monoisotopic (exact) mass is 246 g/mol. The van der Waals surface area contributed by atoms with E-state index in [9.17, 15) is 0 Å². The fourth-order valence-electron chi connectivity index (χ4n) is 1.82. The van der Waals surface area contributed by atoms with Crippen LogP contribution in [-0.4, -0.2) is 16.4 Å². The summed E-state index contributed by atoms with van der Waals surface area (Å²) in [7, 11) is 1.89. The Morgan fingerprint density at radius 1 is 1.39 bits per heavy atom. The second kappa shape index (κ2) is 5.00. The van der Waals surface area contributed by atoms with E-state index in [0.29, 0.717) is 12.3 Å². The van der Waals surface area contributed by atoms with Crippen molar-refractivity contribution in [3.8, 4) is 5.75 Å². The number of hydrogen-bond acceptors (Lipinski definition) is 4. The second-order valence-electron chi connectivity index (χ2n) is 4.15. The quantitative estimate of drug-likeness (QED) is 0.813. The summed E-state index contributed by atoms with van der Waals surface area (Å²) in [5, 5.41) is 7.57. The summed E-state index contributed by atoms with van der Waals surface area (Å²) in [6, 6.07) is 5.60. The van der Waals surface area contributed by atoms with Crippen LogP contribution in [-0.2, 0) is 7.05 Å². The van der Waals surface area contributed by atoms with Crippen molar-refractivity contribution >= 4 is 17.1 Å². The molecular formula is C13H18N4O. The van der Waals surface area contributed by atoms with Gasteiger partial charge in [-0.25, -0.2) is 0 Å². The van der Waals surface area contributed by atoms with Gasteiger partial charge in [-0.1, -0.05) is 0 Å². The molecule has 1 aromatic heterocycles. The molecule has 0 radical (unpaired) electrons. The maximum absolute atomic E-state index is 5.85. The largest absolute Gasteiger partial charge is 0.494 e. The molecule has 0 unspecified atom stereocenters. The first-order valence-electron chi connectivity index (χ1n) is 5.89. The molecule has 0 bridgehead atoms. The summed E-state index contributed by atoms with van der Waals surface area (Å²) in [5.41, 5.74) is 9.32. The van der Waals surface area contributed by atoms with Crippen LogP contribution in [0.25, 0.3) is 0 Å². The third kappa shape index (κ3) is 2.74. The Labute approximate surface area is 107 Å². The van der Waals surface area contributed by atoms with Crippen LogP contribution >= 0.6 is 0 Å². The van der Waals surface area contributed by atoms with E-state index in [1.807, 2.05) is 45.3 Å². The van der Waals surface area contributed by atoms with E-state index in [4.69, 9.17) is 10.5 Å². The predicted molar refractivity (Wildman–Crippen MR) is 73.3 cm³/mol. The third-order valence-electron chi connectivity index (χ3n) is 2.53. The number of nitrogens with two attached hydrogens (primary N) is 1. The Morgan fingerprint density at radius 3 is 2.78 bits per heavy atom. The molecule has 0 aliphatic rings. The highest BCUT2D eigenvalue weighted by molar-refractivity contribution is 5.67. The Kier molecular flexibility index (Phi) is 3.41. The van der Waals surface area contributed by atoms with E-state index < -0.39 is 0 Å². The summed E-state index contributed by atoms with van der Waals surface area (Å²) in [5.74, 6) is 0.765. The molecular weight excluding hydrogens is 228 g/mol. The molecule has 0 spiro atoms. The molecule has 0 aliphatic heterocycles. The maximum Gasteiger partial charge on any atom is 0.123 e.